The Morgan fingerprint density at radius 2 is 1.82 bits per heavy atom. The smallest absolute Gasteiger partial charge is 0.338 e. The first-order chi connectivity index (χ1) is 13.7. The van der Waals surface area contributed by atoms with Gasteiger partial charge in [0.15, 0.2) is 18.1 Å². The summed E-state index contributed by atoms with van der Waals surface area (Å²) in [4.78, 5) is 16.6. The molecule has 8 nitrogen and oxygen atoms in total. The Labute approximate surface area is 162 Å². The number of aromatic nitrogens is 2. The highest BCUT2D eigenvalue weighted by Gasteiger charge is 2.16. The normalized spacial score (nSPS) is 10.4. The maximum Gasteiger partial charge on any atom is 0.338 e. The minimum atomic E-state index is -0.541. The zero-order valence-electron chi connectivity index (χ0n) is 15.8. The largest absolute Gasteiger partial charge is 0.496 e. The third kappa shape index (κ3) is 4.22. The van der Waals surface area contributed by atoms with Crippen LogP contribution in [0.15, 0.2) is 47.0 Å². The molecular formula is C20H20N2O6. The fraction of sp³-hybridized carbons (Fsp3) is 0.250. The average Bonchev–Trinajstić information content (AvgIpc) is 3.21. The fourth-order valence-electron chi connectivity index (χ4n) is 2.53. The van der Waals surface area contributed by atoms with E-state index in [-0.39, 0.29) is 12.5 Å². The minimum absolute atomic E-state index is 0.156. The molecule has 0 radical (unpaired) electrons. The van der Waals surface area contributed by atoms with Crippen molar-refractivity contribution >= 4 is 5.97 Å². The van der Waals surface area contributed by atoms with Crippen molar-refractivity contribution in [1.29, 1.82) is 0 Å². The summed E-state index contributed by atoms with van der Waals surface area (Å²) in [5.74, 6) is 1.61. The molecule has 3 rings (SSSR count). The molecule has 1 heterocycles. The second kappa shape index (κ2) is 8.90. The van der Waals surface area contributed by atoms with Gasteiger partial charge < -0.3 is 23.5 Å². The zero-order chi connectivity index (χ0) is 19.9. The van der Waals surface area contributed by atoms with Crippen LogP contribution in [0.2, 0.25) is 0 Å². The highest BCUT2D eigenvalue weighted by molar-refractivity contribution is 5.90. The predicted molar refractivity (Wildman–Crippen MR) is 99.6 cm³/mol. The molecule has 8 heteroatoms. The number of para-hydroxylation sites is 1. The molecule has 0 spiro atoms. The molecule has 0 aliphatic carbocycles. The first-order valence-electron chi connectivity index (χ1n) is 8.60. The summed E-state index contributed by atoms with van der Waals surface area (Å²) in [6.07, 6.45) is 0. The molecule has 0 saturated carbocycles. The quantitative estimate of drug-likeness (QED) is 0.545. The topological polar surface area (TPSA) is 92.9 Å². The minimum Gasteiger partial charge on any atom is -0.496 e. The summed E-state index contributed by atoms with van der Waals surface area (Å²) >= 11 is 0. The van der Waals surface area contributed by atoms with E-state index in [1.165, 1.54) is 7.11 Å². The van der Waals surface area contributed by atoms with E-state index < -0.39 is 5.97 Å². The maximum atomic E-state index is 12.3. The van der Waals surface area contributed by atoms with Gasteiger partial charge in [0.1, 0.15) is 5.75 Å². The standard InChI is InChI=1S/C20H20N2O6/c1-4-26-17-11-13(9-10-16(17)25-3)20(23)27-12-18-21-19(22-28-18)14-7-5-6-8-15(14)24-2/h5-11H,4,12H2,1-3H3. The summed E-state index contributed by atoms with van der Waals surface area (Å²) in [6, 6.07) is 12.1. The van der Waals surface area contributed by atoms with Gasteiger partial charge in [-0.25, -0.2) is 4.79 Å². The van der Waals surface area contributed by atoms with Crippen LogP contribution in [0.4, 0.5) is 0 Å². The molecule has 2 aromatic carbocycles. The highest BCUT2D eigenvalue weighted by atomic mass is 16.6. The molecule has 146 valence electrons. The Balaban J connectivity index is 1.69. The van der Waals surface area contributed by atoms with Gasteiger partial charge in [0.2, 0.25) is 5.82 Å². The molecule has 0 unspecified atom stereocenters. The molecule has 0 atom stereocenters. The number of benzene rings is 2. The van der Waals surface area contributed by atoms with E-state index in [0.29, 0.717) is 40.8 Å². The third-order valence-electron chi connectivity index (χ3n) is 3.84. The van der Waals surface area contributed by atoms with Crippen molar-refractivity contribution in [2.24, 2.45) is 0 Å². The Morgan fingerprint density at radius 1 is 1.04 bits per heavy atom. The van der Waals surface area contributed by atoms with Crippen LogP contribution < -0.4 is 14.2 Å². The van der Waals surface area contributed by atoms with E-state index in [1.54, 1.807) is 31.4 Å². The van der Waals surface area contributed by atoms with E-state index in [0.717, 1.165) is 0 Å². The van der Waals surface area contributed by atoms with E-state index in [9.17, 15) is 4.79 Å². The summed E-state index contributed by atoms with van der Waals surface area (Å²) in [6.45, 7) is 2.14. The molecule has 0 aliphatic rings. The fourth-order valence-corrected chi connectivity index (χ4v) is 2.53. The van der Waals surface area contributed by atoms with Crippen molar-refractivity contribution in [3.8, 4) is 28.6 Å². The van der Waals surface area contributed by atoms with Crippen LogP contribution in [0.25, 0.3) is 11.4 Å². The summed E-state index contributed by atoms with van der Waals surface area (Å²) in [5, 5.41) is 3.91. The van der Waals surface area contributed by atoms with Gasteiger partial charge in [0.25, 0.3) is 5.89 Å². The van der Waals surface area contributed by atoms with Crippen LogP contribution in [-0.4, -0.2) is 36.9 Å². The Bertz CT molecular complexity index is 953. The molecule has 1 aromatic heterocycles. The van der Waals surface area contributed by atoms with Gasteiger partial charge in [-0.3, -0.25) is 0 Å². The first kappa shape index (κ1) is 19.2. The van der Waals surface area contributed by atoms with Crippen LogP contribution in [0.3, 0.4) is 0 Å². The second-order valence-corrected chi connectivity index (χ2v) is 5.59. The van der Waals surface area contributed by atoms with Crippen LogP contribution in [0, 0.1) is 0 Å². The van der Waals surface area contributed by atoms with Gasteiger partial charge in [-0.15, -0.1) is 0 Å². The number of nitrogens with zero attached hydrogens (tertiary/aromatic N) is 2. The van der Waals surface area contributed by atoms with Gasteiger partial charge in [0.05, 0.1) is 32.0 Å². The molecule has 0 bridgehead atoms. The highest BCUT2D eigenvalue weighted by Crippen LogP contribution is 2.29. The lowest BCUT2D eigenvalue weighted by Gasteiger charge is -2.10. The van der Waals surface area contributed by atoms with Crippen LogP contribution in [0.5, 0.6) is 17.2 Å². The number of ether oxygens (including phenoxy) is 4. The molecule has 3 aromatic rings. The molecular weight excluding hydrogens is 364 g/mol. The number of rotatable bonds is 8. The molecule has 0 N–H and O–H groups in total. The number of hydrogen-bond acceptors (Lipinski definition) is 8. The molecule has 0 saturated heterocycles. The lowest BCUT2D eigenvalue weighted by Crippen LogP contribution is -2.06. The van der Waals surface area contributed by atoms with Crippen LogP contribution >= 0.6 is 0 Å². The summed E-state index contributed by atoms with van der Waals surface area (Å²) < 4.78 is 26.4. The maximum absolute atomic E-state index is 12.3. The average molecular weight is 384 g/mol. The lowest BCUT2D eigenvalue weighted by molar-refractivity contribution is 0.0429. The predicted octanol–water partition coefficient (Wildman–Crippen LogP) is 3.51. The molecule has 0 amide bonds. The lowest BCUT2D eigenvalue weighted by atomic mass is 10.2. The third-order valence-corrected chi connectivity index (χ3v) is 3.84. The number of hydrogen-bond donors (Lipinski definition) is 0. The summed E-state index contributed by atoms with van der Waals surface area (Å²) in [7, 11) is 3.09. The van der Waals surface area contributed by atoms with Crippen LogP contribution in [0.1, 0.15) is 23.2 Å². The number of carbonyl (C=O) groups excluding carboxylic acids is 1. The zero-order valence-corrected chi connectivity index (χ0v) is 15.8. The van der Waals surface area contributed by atoms with Gasteiger partial charge in [-0.1, -0.05) is 17.3 Å². The van der Waals surface area contributed by atoms with E-state index in [4.69, 9.17) is 23.5 Å². The van der Waals surface area contributed by atoms with Gasteiger partial charge in [-0.2, -0.15) is 4.98 Å². The second-order valence-electron chi connectivity index (χ2n) is 5.59. The van der Waals surface area contributed by atoms with Crippen molar-refractivity contribution < 1.29 is 28.3 Å². The van der Waals surface area contributed by atoms with Crippen molar-refractivity contribution in [2.75, 3.05) is 20.8 Å². The Hall–Kier alpha value is -3.55. The Morgan fingerprint density at radius 3 is 2.57 bits per heavy atom. The molecule has 28 heavy (non-hydrogen) atoms. The molecule has 0 fully saturated rings. The van der Waals surface area contributed by atoms with Crippen molar-refractivity contribution in [2.45, 2.75) is 13.5 Å². The van der Waals surface area contributed by atoms with E-state index in [1.807, 2.05) is 25.1 Å². The SMILES string of the molecule is CCOc1cc(C(=O)OCc2nc(-c3ccccc3OC)no2)ccc1OC. The molecule has 0 aliphatic heterocycles. The number of esters is 1. The summed E-state index contributed by atoms with van der Waals surface area (Å²) in [5.41, 5.74) is 1.01. The van der Waals surface area contributed by atoms with Gasteiger partial charge in [0, 0.05) is 0 Å². The monoisotopic (exact) mass is 384 g/mol. The number of carbonyl (C=O) groups is 1. The first-order valence-corrected chi connectivity index (χ1v) is 8.60. The van der Waals surface area contributed by atoms with Crippen molar-refractivity contribution in [3.63, 3.8) is 0 Å². The number of methoxy groups -OCH3 is 2. The van der Waals surface area contributed by atoms with E-state index >= 15 is 0 Å². The van der Waals surface area contributed by atoms with Crippen molar-refractivity contribution in [1.82, 2.24) is 10.1 Å². The van der Waals surface area contributed by atoms with Crippen molar-refractivity contribution in [3.05, 3.63) is 53.9 Å². The van der Waals surface area contributed by atoms with E-state index in [2.05, 4.69) is 10.1 Å². The van der Waals surface area contributed by atoms with Crippen LogP contribution in [-0.2, 0) is 11.3 Å². The van der Waals surface area contributed by atoms with Gasteiger partial charge >= 0.3 is 5.97 Å². The van der Waals surface area contributed by atoms with Gasteiger partial charge in [-0.05, 0) is 37.3 Å². The Kier molecular flexibility index (Phi) is 6.11.